The van der Waals surface area contributed by atoms with Crippen LogP contribution < -0.4 is 0 Å². The van der Waals surface area contributed by atoms with Crippen molar-refractivity contribution in [1.29, 1.82) is 0 Å². The molecule has 0 aromatic carbocycles. The molecule has 14 heavy (non-hydrogen) atoms. The second-order valence-corrected chi connectivity index (χ2v) is 3.91. The fraction of sp³-hybridized carbons (Fsp3) is 0.875. The lowest BCUT2D eigenvalue weighted by Gasteiger charge is -2.02. The Morgan fingerprint density at radius 1 is 1.50 bits per heavy atom. The van der Waals surface area contributed by atoms with E-state index in [0.717, 1.165) is 6.42 Å². The monoisotopic (exact) mass is 222 g/mol. The number of oxime groups is 1. The largest absolute Gasteiger partial charge is 0.698 e. The lowest BCUT2D eigenvalue weighted by Crippen LogP contribution is -2.15. The molecule has 0 spiro atoms. The predicted octanol–water partition coefficient (Wildman–Crippen LogP) is 2.71. The smallest absolute Gasteiger partial charge is 0.411 e. The Bertz CT molecular complexity index is 219. The quantitative estimate of drug-likeness (QED) is 0.324. The number of hydrogen-bond acceptors (Lipinski definition) is 5. The Hall–Kier alpha value is -0.510. The molecule has 3 atom stereocenters. The molecule has 3 unspecified atom stereocenters. The minimum absolute atomic E-state index is 0.0998. The first-order chi connectivity index (χ1) is 6.51. The highest BCUT2D eigenvalue weighted by molar-refractivity contribution is 7.33. The first-order valence-corrected chi connectivity index (χ1v) is 5.60. The molecule has 0 saturated heterocycles. The van der Waals surface area contributed by atoms with Crippen molar-refractivity contribution >= 4 is 14.0 Å². The molecule has 0 saturated carbocycles. The zero-order valence-corrected chi connectivity index (χ0v) is 9.82. The van der Waals surface area contributed by atoms with Crippen LogP contribution >= 0.6 is 8.25 Å². The van der Waals surface area contributed by atoms with E-state index in [-0.39, 0.29) is 6.10 Å². The van der Waals surface area contributed by atoms with Crippen LogP contribution in [0.2, 0.25) is 0 Å². The summed E-state index contributed by atoms with van der Waals surface area (Å²) < 4.78 is 21.2. The predicted molar refractivity (Wildman–Crippen MR) is 53.9 cm³/mol. The third kappa shape index (κ3) is 5.27. The molecule has 0 heterocycles. The lowest BCUT2D eigenvalue weighted by atomic mass is 10.3. The van der Waals surface area contributed by atoms with Gasteiger partial charge >= 0.3 is 8.25 Å². The maximum Gasteiger partial charge on any atom is 0.698 e. The minimum atomic E-state index is -2.15. The van der Waals surface area contributed by atoms with E-state index >= 15 is 0 Å². The van der Waals surface area contributed by atoms with Crippen LogP contribution in [0.15, 0.2) is 5.16 Å². The van der Waals surface area contributed by atoms with Crippen LogP contribution in [0.1, 0.15) is 34.1 Å². The first kappa shape index (κ1) is 13.5. The topological polar surface area (TPSA) is 68.1 Å². The third-order valence-electron chi connectivity index (χ3n) is 1.83. The molecular weight excluding hydrogens is 205 g/mol. The molecule has 1 N–H and O–H groups in total. The van der Waals surface area contributed by atoms with Gasteiger partial charge in [0.25, 0.3) is 0 Å². The Labute approximate surface area is 85.0 Å². The SMILES string of the molecule is CCC(C)O[P+](=O)OC(C)C(C)=NO. The summed E-state index contributed by atoms with van der Waals surface area (Å²) >= 11 is 0. The van der Waals surface area contributed by atoms with Gasteiger partial charge in [-0.3, -0.25) is 0 Å². The molecule has 0 amide bonds. The van der Waals surface area contributed by atoms with Crippen LogP contribution in [-0.4, -0.2) is 23.1 Å². The van der Waals surface area contributed by atoms with Crippen molar-refractivity contribution in [3.05, 3.63) is 0 Å². The van der Waals surface area contributed by atoms with Crippen molar-refractivity contribution in [2.75, 3.05) is 0 Å². The second kappa shape index (κ2) is 6.87. The van der Waals surface area contributed by atoms with Gasteiger partial charge in [0.05, 0.1) is 5.71 Å². The van der Waals surface area contributed by atoms with Crippen LogP contribution in [0.3, 0.4) is 0 Å². The van der Waals surface area contributed by atoms with E-state index in [1.807, 2.05) is 13.8 Å². The van der Waals surface area contributed by atoms with Gasteiger partial charge < -0.3 is 5.21 Å². The van der Waals surface area contributed by atoms with E-state index in [2.05, 4.69) is 5.16 Å². The summed E-state index contributed by atoms with van der Waals surface area (Å²) in [6, 6.07) is 0. The molecule has 0 radical (unpaired) electrons. The van der Waals surface area contributed by atoms with E-state index in [9.17, 15) is 4.57 Å². The van der Waals surface area contributed by atoms with Gasteiger partial charge in [-0.1, -0.05) is 12.1 Å². The zero-order chi connectivity index (χ0) is 11.1. The summed E-state index contributed by atoms with van der Waals surface area (Å²) in [6.45, 7) is 6.96. The molecule has 82 valence electrons. The normalized spacial score (nSPS) is 17.7. The Balaban J connectivity index is 3.94. The molecule has 0 aromatic heterocycles. The summed E-state index contributed by atoms with van der Waals surface area (Å²) in [5.74, 6) is 0. The molecule has 0 aliphatic heterocycles. The van der Waals surface area contributed by atoms with Gasteiger partial charge in [0.2, 0.25) is 0 Å². The third-order valence-corrected chi connectivity index (χ3v) is 2.85. The van der Waals surface area contributed by atoms with E-state index < -0.39 is 14.4 Å². The fourth-order valence-corrected chi connectivity index (χ4v) is 1.44. The summed E-state index contributed by atoms with van der Waals surface area (Å²) in [7, 11) is -2.15. The van der Waals surface area contributed by atoms with Gasteiger partial charge in [-0.25, -0.2) is 0 Å². The van der Waals surface area contributed by atoms with E-state index in [4.69, 9.17) is 14.3 Å². The molecular formula is C8H17NO4P+. The average Bonchev–Trinajstić information content (AvgIpc) is 2.15. The zero-order valence-electron chi connectivity index (χ0n) is 8.93. The maximum atomic E-state index is 11.2. The second-order valence-electron chi connectivity index (χ2n) is 3.04. The number of rotatable bonds is 6. The van der Waals surface area contributed by atoms with Gasteiger partial charge in [-0.05, 0) is 27.2 Å². The molecule has 0 rings (SSSR count). The van der Waals surface area contributed by atoms with Gasteiger partial charge in [0, 0.05) is 4.57 Å². The summed E-state index contributed by atoms with van der Waals surface area (Å²) in [6.07, 6.45) is 0.163. The van der Waals surface area contributed by atoms with Crippen molar-refractivity contribution in [2.45, 2.75) is 46.3 Å². The standard InChI is InChI=1S/C8H16NO4P/c1-5-6(2)12-14(11)13-8(4)7(3)9-10/h6,8H,5H2,1-4H3/p+1. The van der Waals surface area contributed by atoms with Crippen LogP contribution in [0.25, 0.3) is 0 Å². The molecule has 6 heteroatoms. The van der Waals surface area contributed by atoms with Gasteiger partial charge in [-0.15, -0.1) is 9.05 Å². The van der Waals surface area contributed by atoms with E-state index in [1.54, 1.807) is 13.8 Å². The minimum Gasteiger partial charge on any atom is -0.411 e. The summed E-state index contributed by atoms with van der Waals surface area (Å²) in [4.78, 5) is 0. The van der Waals surface area contributed by atoms with Gasteiger partial charge in [0.15, 0.2) is 6.10 Å². The van der Waals surface area contributed by atoms with Crippen LogP contribution in [0.5, 0.6) is 0 Å². The Kier molecular flexibility index (Phi) is 6.62. The molecule has 0 aliphatic rings. The van der Waals surface area contributed by atoms with Crippen LogP contribution in [0.4, 0.5) is 0 Å². The maximum absolute atomic E-state index is 11.2. The molecule has 0 bridgehead atoms. The molecule has 5 nitrogen and oxygen atoms in total. The van der Waals surface area contributed by atoms with Crippen molar-refractivity contribution in [2.24, 2.45) is 5.16 Å². The molecule has 0 aromatic rings. The van der Waals surface area contributed by atoms with Crippen molar-refractivity contribution in [3.63, 3.8) is 0 Å². The Morgan fingerprint density at radius 2 is 2.07 bits per heavy atom. The highest BCUT2D eigenvalue weighted by Crippen LogP contribution is 2.29. The number of hydrogen-bond donors (Lipinski definition) is 1. The van der Waals surface area contributed by atoms with Crippen molar-refractivity contribution in [3.8, 4) is 0 Å². The lowest BCUT2D eigenvalue weighted by molar-refractivity contribution is 0.162. The van der Waals surface area contributed by atoms with Crippen molar-refractivity contribution in [1.82, 2.24) is 0 Å². The highest BCUT2D eigenvalue weighted by atomic mass is 31.1. The highest BCUT2D eigenvalue weighted by Gasteiger charge is 2.28. The summed E-state index contributed by atoms with van der Waals surface area (Å²) in [5, 5.41) is 11.4. The van der Waals surface area contributed by atoms with Gasteiger partial charge in [-0.2, -0.15) is 0 Å². The first-order valence-electron chi connectivity index (χ1n) is 4.50. The average molecular weight is 222 g/mol. The van der Waals surface area contributed by atoms with E-state index in [1.165, 1.54) is 0 Å². The van der Waals surface area contributed by atoms with Crippen LogP contribution in [0, 0.1) is 0 Å². The number of nitrogens with zero attached hydrogens (tertiary/aromatic N) is 1. The van der Waals surface area contributed by atoms with Crippen LogP contribution in [-0.2, 0) is 13.6 Å². The van der Waals surface area contributed by atoms with E-state index in [0.29, 0.717) is 5.71 Å². The Morgan fingerprint density at radius 3 is 2.50 bits per heavy atom. The van der Waals surface area contributed by atoms with Gasteiger partial charge in [0.1, 0.15) is 6.10 Å². The van der Waals surface area contributed by atoms with Crippen molar-refractivity contribution < 1.29 is 18.8 Å². The summed E-state index contributed by atoms with van der Waals surface area (Å²) in [5.41, 5.74) is 0.362. The fourth-order valence-electron chi connectivity index (χ4n) is 0.533. The molecule has 0 aliphatic carbocycles. The molecule has 0 fully saturated rings.